The Morgan fingerprint density at radius 1 is 1.59 bits per heavy atom. The molecule has 0 aliphatic carbocycles. The molecule has 0 fully saturated rings. The van der Waals surface area contributed by atoms with E-state index in [2.05, 4.69) is 9.84 Å². The van der Waals surface area contributed by atoms with E-state index in [1.807, 2.05) is 0 Å². The average molecular weight is 237 g/mol. The van der Waals surface area contributed by atoms with Crippen LogP contribution in [0.3, 0.4) is 0 Å². The van der Waals surface area contributed by atoms with Crippen LogP contribution in [0.4, 0.5) is 0 Å². The minimum Gasteiger partial charge on any atom is -0.468 e. The van der Waals surface area contributed by atoms with Crippen LogP contribution in [0, 0.1) is 0 Å². The van der Waals surface area contributed by atoms with Crippen LogP contribution in [0.15, 0.2) is 18.3 Å². The predicted octanol–water partition coefficient (Wildman–Crippen LogP) is 0.0647. The summed E-state index contributed by atoms with van der Waals surface area (Å²) in [5, 5.41) is 3.97. The van der Waals surface area contributed by atoms with E-state index in [9.17, 15) is 9.59 Å². The van der Waals surface area contributed by atoms with Gasteiger partial charge in [0.15, 0.2) is 0 Å². The Kier molecular flexibility index (Phi) is 4.45. The Labute approximate surface area is 99.5 Å². The maximum atomic E-state index is 11.6. The summed E-state index contributed by atoms with van der Waals surface area (Å²) in [6.45, 7) is -0.0644. The Hall–Kier alpha value is -2.11. The number of hydrogen-bond donors (Lipinski definition) is 0. The summed E-state index contributed by atoms with van der Waals surface area (Å²) in [5.74, 6) is -0.716. The number of hydrogen-bond acceptors (Lipinski definition) is 4. The van der Waals surface area contributed by atoms with Gasteiger partial charge in [-0.15, -0.1) is 0 Å². The van der Waals surface area contributed by atoms with Crippen molar-refractivity contribution < 1.29 is 14.3 Å². The second kappa shape index (κ2) is 5.83. The van der Waals surface area contributed by atoms with Gasteiger partial charge < -0.3 is 9.64 Å². The first-order chi connectivity index (χ1) is 8.04. The molecular weight excluding hydrogens is 222 g/mol. The molecule has 0 aliphatic rings. The fourth-order valence-electron chi connectivity index (χ4n) is 1.17. The summed E-state index contributed by atoms with van der Waals surface area (Å²) in [7, 11) is 4.60. The van der Waals surface area contributed by atoms with Gasteiger partial charge in [0.05, 0.1) is 12.8 Å². The largest absolute Gasteiger partial charge is 0.468 e. The first-order valence-corrected chi connectivity index (χ1v) is 5.02. The molecule has 0 bridgehead atoms. The molecule has 17 heavy (non-hydrogen) atoms. The number of methoxy groups -OCH3 is 1. The fourth-order valence-corrected chi connectivity index (χ4v) is 1.17. The topological polar surface area (TPSA) is 64.4 Å². The SMILES string of the molecule is COC(=O)CN(C)C(=O)C=Cc1ccnn1C. The van der Waals surface area contributed by atoms with Gasteiger partial charge in [-0.2, -0.15) is 5.10 Å². The van der Waals surface area contributed by atoms with Crippen LogP contribution in [-0.4, -0.2) is 47.3 Å². The van der Waals surface area contributed by atoms with Crippen molar-refractivity contribution in [2.45, 2.75) is 0 Å². The molecular formula is C11H15N3O3. The van der Waals surface area contributed by atoms with Crippen LogP contribution in [-0.2, 0) is 21.4 Å². The van der Waals surface area contributed by atoms with Gasteiger partial charge in [0, 0.05) is 26.4 Å². The molecule has 6 nitrogen and oxygen atoms in total. The van der Waals surface area contributed by atoms with E-state index in [0.29, 0.717) is 0 Å². The summed E-state index contributed by atoms with van der Waals surface area (Å²) in [4.78, 5) is 23.8. The van der Waals surface area contributed by atoms with Crippen molar-refractivity contribution in [3.63, 3.8) is 0 Å². The van der Waals surface area contributed by atoms with E-state index >= 15 is 0 Å². The Balaban J connectivity index is 2.57. The minimum absolute atomic E-state index is 0.0644. The Bertz CT molecular complexity index is 437. The molecule has 1 amide bonds. The molecule has 0 saturated heterocycles. The van der Waals surface area contributed by atoms with Crippen molar-refractivity contribution in [3.8, 4) is 0 Å². The number of ether oxygens (including phenoxy) is 1. The van der Waals surface area contributed by atoms with E-state index in [4.69, 9.17) is 0 Å². The highest BCUT2D eigenvalue weighted by molar-refractivity contribution is 5.93. The number of carbonyl (C=O) groups excluding carboxylic acids is 2. The highest BCUT2D eigenvalue weighted by Crippen LogP contribution is 2.00. The first kappa shape index (κ1) is 13.0. The van der Waals surface area contributed by atoms with E-state index < -0.39 is 5.97 Å². The molecule has 6 heteroatoms. The molecule has 92 valence electrons. The minimum atomic E-state index is -0.449. The highest BCUT2D eigenvalue weighted by Gasteiger charge is 2.10. The van der Waals surface area contributed by atoms with Crippen LogP contribution in [0.2, 0.25) is 0 Å². The second-order valence-corrected chi connectivity index (χ2v) is 3.48. The normalized spacial score (nSPS) is 10.5. The average Bonchev–Trinajstić information content (AvgIpc) is 2.71. The molecule has 0 aliphatic heterocycles. The monoisotopic (exact) mass is 237 g/mol. The van der Waals surface area contributed by atoms with Crippen molar-refractivity contribution in [3.05, 3.63) is 24.0 Å². The number of rotatable bonds is 4. The Morgan fingerprint density at radius 2 is 2.29 bits per heavy atom. The third-order valence-corrected chi connectivity index (χ3v) is 2.23. The summed E-state index contributed by atoms with van der Waals surface area (Å²) in [6.07, 6.45) is 4.67. The lowest BCUT2D eigenvalue weighted by molar-refractivity contribution is -0.144. The zero-order chi connectivity index (χ0) is 12.8. The van der Waals surface area contributed by atoms with Gasteiger partial charge in [-0.3, -0.25) is 14.3 Å². The van der Waals surface area contributed by atoms with Crippen LogP contribution < -0.4 is 0 Å². The smallest absolute Gasteiger partial charge is 0.325 e. The lowest BCUT2D eigenvalue weighted by Crippen LogP contribution is -2.31. The molecule has 1 aromatic rings. The number of aryl methyl sites for hydroxylation is 1. The molecule has 0 radical (unpaired) electrons. The van der Waals surface area contributed by atoms with Gasteiger partial charge in [0.2, 0.25) is 5.91 Å². The van der Waals surface area contributed by atoms with Crippen LogP contribution in [0.25, 0.3) is 6.08 Å². The summed E-state index contributed by atoms with van der Waals surface area (Å²) in [5.41, 5.74) is 0.810. The van der Waals surface area contributed by atoms with E-state index in [-0.39, 0.29) is 12.5 Å². The van der Waals surface area contributed by atoms with Crippen molar-refractivity contribution in [1.29, 1.82) is 0 Å². The molecule has 0 unspecified atom stereocenters. The molecule has 0 atom stereocenters. The third-order valence-electron chi connectivity index (χ3n) is 2.23. The van der Waals surface area contributed by atoms with Gasteiger partial charge >= 0.3 is 5.97 Å². The van der Waals surface area contributed by atoms with Crippen LogP contribution in [0.1, 0.15) is 5.69 Å². The molecule has 1 rings (SSSR count). The number of amides is 1. The number of aromatic nitrogens is 2. The van der Waals surface area contributed by atoms with Gasteiger partial charge in [0.25, 0.3) is 0 Å². The van der Waals surface area contributed by atoms with Gasteiger partial charge in [-0.25, -0.2) is 0 Å². The van der Waals surface area contributed by atoms with Crippen LogP contribution >= 0.6 is 0 Å². The summed E-state index contributed by atoms with van der Waals surface area (Å²) < 4.78 is 6.11. The van der Waals surface area contributed by atoms with E-state index in [1.54, 1.807) is 30.1 Å². The first-order valence-electron chi connectivity index (χ1n) is 5.02. The maximum Gasteiger partial charge on any atom is 0.325 e. The number of esters is 1. The van der Waals surface area contributed by atoms with E-state index in [1.165, 1.54) is 25.1 Å². The number of likely N-dealkylation sites (N-methyl/N-ethyl adjacent to an activating group) is 1. The zero-order valence-electron chi connectivity index (χ0n) is 10.1. The van der Waals surface area contributed by atoms with Crippen molar-refractivity contribution in [2.24, 2.45) is 7.05 Å². The number of nitrogens with zero attached hydrogens (tertiary/aromatic N) is 3. The molecule has 1 aromatic heterocycles. The summed E-state index contributed by atoms with van der Waals surface area (Å²) in [6, 6.07) is 1.78. The third kappa shape index (κ3) is 3.75. The summed E-state index contributed by atoms with van der Waals surface area (Å²) >= 11 is 0. The lowest BCUT2D eigenvalue weighted by atomic mass is 10.3. The maximum absolute atomic E-state index is 11.6. The lowest BCUT2D eigenvalue weighted by Gasteiger charge is -2.12. The fraction of sp³-hybridized carbons (Fsp3) is 0.364. The van der Waals surface area contributed by atoms with Gasteiger partial charge in [-0.1, -0.05) is 0 Å². The van der Waals surface area contributed by atoms with Gasteiger partial charge in [-0.05, 0) is 12.1 Å². The van der Waals surface area contributed by atoms with Crippen molar-refractivity contribution >= 4 is 18.0 Å². The second-order valence-electron chi connectivity index (χ2n) is 3.48. The van der Waals surface area contributed by atoms with Crippen molar-refractivity contribution in [1.82, 2.24) is 14.7 Å². The molecule has 0 aromatic carbocycles. The molecule has 0 saturated carbocycles. The highest BCUT2D eigenvalue weighted by atomic mass is 16.5. The van der Waals surface area contributed by atoms with Crippen LogP contribution in [0.5, 0.6) is 0 Å². The molecule has 0 spiro atoms. The standard InChI is InChI=1S/C11H15N3O3/c1-13(8-11(16)17-3)10(15)5-4-9-6-7-12-14(9)2/h4-7H,8H2,1-3H3. The van der Waals surface area contributed by atoms with Gasteiger partial charge in [0.1, 0.15) is 6.54 Å². The molecule has 0 N–H and O–H groups in total. The predicted molar refractivity (Wildman–Crippen MR) is 61.9 cm³/mol. The van der Waals surface area contributed by atoms with E-state index in [0.717, 1.165) is 5.69 Å². The quantitative estimate of drug-likeness (QED) is 0.549. The van der Waals surface area contributed by atoms with Crippen molar-refractivity contribution in [2.75, 3.05) is 20.7 Å². The zero-order valence-corrected chi connectivity index (χ0v) is 10.1. The Morgan fingerprint density at radius 3 is 2.82 bits per heavy atom. The number of carbonyl (C=O) groups is 2. The molecule has 1 heterocycles.